The van der Waals surface area contributed by atoms with Crippen molar-refractivity contribution >= 4 is 476 Å². The third-order valence-corrected chi connectivity index (χ3v) is 57.4. The summed E-state index contributed by atoms with van der Waals surface area (Å²) in [5.74, 6) is 13.7. The Kier molecular flexibility index (Phi) is 42.6. The van der Waals surface area contributed by atoms with Gasteiger partial charge in [-0.3, -0.25) is 0 Å². The third kappa shape index (κ3) is 27.7. The number of ether oxygens (including phenoxy) is 5. The van der Waals surface area contributed by atoms with Gasteiger partial charge in [0.1, 0.15) is 86.3 Å². The number of rotatable bonds is 15. The molecule has 0 unspecified atom stereocenters. The predicted octanol–water partition coefficient (Wildman–Crippen LogP) is 31.5. The Bertz CT molecular complexity index is 6760. The minimum atomic E-state index is -2.85. The first-order valence-corrected chi connectivity index (χ1v) is 68.9. The van der Waals surface area contributed by atoms with E-state index in [1.807, 2.05) is 121 Å². The van der Waals surface area contributed by atoms with Crippen molar-refractivity contribution in [3.63, 3.8) is 0 Å². The van der Waals surface area contributed by atoms with Crippen LogP contribution >= 0.6 is 339 Å². The minimum Gasteiger partial charge on any atom is -0.423 e. The molecule has 702 valence electrons. The van der Waals surface area contributed by atoms with Crippen LogP contribution in [0.4, 0.5) is 0 Å². The molecule has 136 heavy (non-hydrogen) atoms. The molecule has 5 aliphatic heterocycles. The van der Waals surface area contributed by atoms with Gasteiger partial charge in [-0.05, 0) is 561 Å². The SMILES string of the molecule is O=C(Oc1ccc([S+]2CCCC2)c2ccccc12)c1c(I)ccc(I)c1I.O=C(Oc1ccc([S+]2CCCCC2)c2ccccc12)c1c(I)ccc(I)c1I.O=C(Oc1ccc([S+]2CCS(=O)(=O)CC2)cc1)c1c(I)ccc(I)c1I.O=C(Oc1cccc2c([S+]3CCCC3)cccc12)c1c(I)ccc(I)c1I.O=C(Oc1cccc2c([S+]3CCCCC3)cccc12)c1c(I)ccc(I)c1I. The van der Waals surface area contributed by atoms with Gasteiger partial charge in [-0.2, -0.15) is 0 Å². The molecule has 19 rings (SSSR count). The average Bonchev–Trinajstić information content (AvgIpc) is 0.851. The number of carbonyl (C=O) groups excluding carboxylic acids is 5. The van der Waals surface area contributed by atoms with Crippen LogP contribution in [0, 0.1) is 53.6 Å². The Morgan fingerprint density at radius 1 is 0.213 bits per heavy atom. The molecule has 14 aromatic carbocycles. The van der Waals surface area contributed by atoms with Crippen LogP contribution < -0.4 is 23.7 Å². The summed E-state index contributed by atoms with van der Waals surface area (Å²) in [6.45, 7) is 0. The highest BCUT2D eigenvalue weighted by atomic mass is 127. The number of fused-ring (bicyclic) bond motifs is 4. The Balaban J connectivity index is 0.000000129. The monoisotopic (exact) mass is 3610 g/mol. The quantitative estimate of drug-likeness (QED) is 0.0314. The summed E-state index contributed by atoms with van der Waals surface area (Å²) in [6, 6.07) is 77.2. The zero-order valence-corrected chi connectivity index (χ0v) is 109. The van der Waals surface area contributed by atoms with Gasteiger partial charge in [0.25, 0.3) is 0 Å². The molecule has 0 saturated carbocycles. The minimum absolute atomic E-state index is 0.0450. The number of halogens is 15. The zero-order chi connectivity index (χ0) is 96.2. The number of carbonyl (C=O) groups is 5. The highest BCUT2D eigenvalue weighted by Crippen LogP contribution is 2.43. The molecule has 5 aliphatic rings. The normalized spacial score (nSPS) is 15.2. The highest BCUT2D eigenvalue weighted by molar-refractivity contribution is 14.1. The van der Waals surface area contributed by atoms with Crippen molar-refractivity contribution in [2.24, 2.45) is 0 Å². The summed E-state index contributed by atoms with van der Waals surface area (Å²) in [4.78, 5) is 71.3. The Hall–Kier alpha value is 0.120. The van der Waals surface area contributed by atoms with Crippen molar-refractivity contribution in [1.29, 1.82) is 0 Å². The smallest absolute Gasteiger partial charge is 0.345 e. The maximum atomic E-state index is 13.0. The van der Waals surface area contributed by atoms with Crippen LogP contribution in [0.3, 0.4) is 0 Å². The number of esters is 5. The van der Waals surface area contributed by atoms with E-state index in [4.69, 9.17) is 23.7 Å². The molecule has 0 atom stereocenters. The van der Waals surface area contributed by atoms with Gasteiger partial charge in [0.2, 0.25) is 0 Å². The van der Waals surface area contributed by atoms with E-state index >= 15 is 0 Å². The fraction of sp³-hybridized carbons (Fsp3) is 0.214. The second-order valence-electron chi connectivity index (χ2n) is 31.6. The second-order valence-corrected chi connectivity index (χ2v) is 62.2. The Morgan fingerprint density at radius 2 is 0.441 bits per heavy atom. The van der Waals surface area contributed by atoms with E-state index in [0.717, 1.165) is 80.0 Å². The van der Waals surface area contributed by atoms with Crippen LogP contribution in [0.25, 0.3) is 43.1 Å². The van der Waals surface area contributed by atoms with E-state index in [1.165, 1.54) is 151 Å². The molecule has 0 aromatic heterocycles. The van der Waals surface area contributed by atoms with Crippen molar-refractivity contribution in [2.75, 3.05) is 69.0 Å². The van der Waals surface area contributed by atoms with E-state index in [1.54, 1.807) is 12.1 Å². The van der Waals surface area contributed by atoms with Crippen molar-refractivity contribution in [2.45, 2.75) is 88.7 Å². The summed E-state index contributed by atoms with van der Waals surface area (Å²) in [5, 5.41) is 9.01. The van der Waals surface area contributed by atoms with Gasteiger partial charge in [-0.15, -0.1) is 0 Å². The van der Waals surface area contributed by atoms with Gasteiger partial charge >= 0.3 is 29.8 Å². The van der Waals surface area contributed by atoms with Crippen LogP contribution in [-0.2, 0) is 64.3 Å². The molecule has 14 aromatic rings. The number of sulfone groups is 1. The maximum Gasteiger partial charge on any atom is 0.345 e. The molecule has 0 radical (unpaired) electrons. The van der Waals surface area contributed by atoms with Gasteiger partial charge < -0.3 is 23.7 Å². The molecule has 5 fully saturated rings. The third-order valence-electron chi connectivity index (χ3n) is 22.9. The molecule has 0 bridgehead atoms. The number of hydrogen-bond acceptors (Lipinski definition) is 12. The summed E-state index contributed by atoms with van der Waals surface area (Å²) < 4.78 is 66.7. The van der Waals surface area contributed by atoms with Crippen LogP contribution in [0.1, 0.15) is 116 Å². The first-order chi connectivity index (χ1) is 65.5. The molecule has 5 saturated heterocycles. The molecule has 0 amide bonds. The van der Waals surface area contributed by atoms with Gasteiger partial charge in [0.15, 0.2) is 34.3 Å². The van der Waals surface area contributed by atoms with Crippen LogP contribution in [0.5, 0.6) is 28.7 Å². The standard InChI is InChI=1S/2C22H18I3O2S.2C21H16I3O2S.C17H14I3O4S2/c23-16-8-9-17(24)21(25)20(16)22(26)27-18-10-11-19(28-12-4-1-5-13-28)15-7-3-2-6-14(15)18;23-16-10-11-17(24)21(25)20(16)22(26)27-18-8-4-7-15-14(18)6-5-9-19(15)28-12-2-1-3-13-28;22-15-9-10-16(23)20(24)19(15)21(25)26-17-7-3-6-14-13(17)5-4-8-18(14)27-11-1-2-12-27;22-15-7-8-16(23)20(24)19(15)21(25)26-17-9-10-18(27-11-3-4-12-27)14-6-2-1-5-13(14)17;18-13-5-6-14(19)16(20)15(13)17(21)24-11-1-3-12(4-2-11)25-7-9-26(22,23)10-8-25/h2-3,6-11H,1,4-5,12-13H2;4-11H,1-3,12-13H2;3-10H,1-2,11-12H2;1-2,5-10H,3-4,11-12H2;1-6H,7-10H2/q5*+1. The Morgan fingerprint density at radius 3 is 0.735 bits per heavy atom. The number of hydrogen-bond donors (Lipinski definition) is 0. The average molecular weight is 3610 g/mol. The van der Waals surface area contributed by atoms with Crippen molar-refractivity contribution in [1.82, 2.24) is 0 Å². The lowest BCUT2D eigenvalue weighted by atomic mass is 10.1. The lowest BCUT2D eigenvalue weighted by Crippen LogP contribution is -2.32. The molecule has 33 heteroatoms. The van der Waals surface area contributed by atoms with Gasteiger partial charge in [0, 0.05) is 151 Å². The number of benzene rings is 14. The Labute approximate surface area is 1010 Å². The molecule has 0 aliphatic carbocycles. The molecule has 0 N–H and O–H groups in total. The summed E-state index contributed by atoms with van der Waals surface area (Å²) in [5.41, 5.74) is 3.18. The molecule has 0 spiro atoms. The van der Waals surface area contributed by atoms with Crippen molar-refractivity contribution < 1.29 is 56.1 Å². The molecule has 5 heterocycles. The summed E-state index contributed by atoms with van der Waals surface area (Å²) >= 11 is 33.2. The van der Waals surface area contributed by atoms with Crippen molar-refractivity contribution in [3.8, 4) is 28.7 Å². The topological polar surface area (TPSA) is 166 Å². The lowest BCUT2D eigenvalue weighted by Gasteiger charge is -2.16. The first-order valence-electron chi connectivity index (χ1n) is 43.0. The second kappa shape index (κ2) is 52.5. The van der Waals surface area contributed by atoms with Gasteiger partial charge in [-0.1, -0.05) is 72.8 Å². The van der Waals surface area contributed by atoms with Crippen LogP contribution in [0.15, 0.2) is 255 Å². The fourth-order valence-corrected chi connectivity index (χ4v) is 42.8. The largest absolute Gasteiger partial charge is 0.423 e. The van der Waals surface area contributed by atoms with E-state index in [0.29, 0.717) is 112 Å². The lowest BCUT2D eigenvalue weighted by molar-refractivity contribution is 0.0723. The first kappa shape index (κ1) is 110. The van der Waals surface area contributed by atoms with Crippen LogP contribution in [-0.4, -0.2) is 107 Å². The van der Waals surface area contributed by atoms with E-state index < -0.39 is 9.84 Å². The maximum absolute atomic E-state index is 13.0. The van der Waals surface area contributed by atoms with E-state index in [9.17, 15) is 32.4 Å². The zero-order valence-electron chi connectivity index (χ0n) is 72.0. The molecular weight excluding hydrogens is 3530 g/mol. The van der Waals surface area contributed by atoms with Crippen LogP contribution in [0.2, 0.25) is 0 Å². The van der Waals surface area contributed by atoms with Gasteiger partial charge in [0.05, 0.1) is 39.3 Å². The van der Waals surface area contributed by atoms with Crippen molar-refractivity contribution in [3.05, 3.63) is 312 Å². The highest BCUT2D eigenvalue weighted by Gasteiger charge is 2.37. The summed E-state index contributed by atoms with van der Waals surface area (Å²) in [7, 11) is -1.64. The van der Waals surface area contributed by atoms with Gasteiger partial charge in [-0.25, -0.2) is 32.4 Å². The predicted molar refractivity (Wildman–Crippen MR) is 692 cm³/mol. The molecular formula is C103H82I15O12S6+5. The fourth-order valence-electron chi connectivity index (χ4n) is 16.1. The van der Waals surface area contributed by atoms with E-state index in [2.05, 4.69) is 436 Å². The summed E-state index contributed by atoms with van der Waals surface area (Å²) in [6.07, 6.45) is 13.2. The van der Waals surface area contributed by atoms with E-state index in [-0.39, 0.29) is 52.2 Å². The molecule has 12 nitrogen and oxygen atoms in total.